The number of nitrogens with one attached hydrogen (secondary N) is 2. The van der Waals surface area contributed by atoms with Crippen LogP contribution in [0.15, 0.2) is 42.6 Å². The fourth-order valence-electron chi connectivity index (χ4n) is 3.16. The van der Waals surface area contributed by atoms with Crippen molar-refractivity contribution in [3.63, 3.8) is 0 Å². The smallest absolute Gasteiger partial charge is 0.337 e. The van der Waals surface area contributed by atoms with Gasteiger partial charge in [0.25, 0.3) is 5.91 Å². The van der Waals surface area contributed by atoms with Crippen LogP contribution < -0.4 is 5.32 Å². The third kappa shape index (κ3) is 3.08. The number of methoxy groups -OCH3 is 1. The molecule has 1 aromatic carbocycles. The Kier molecular flexibility index (Phi) is 4.19. The number of esters is 1. The van der Waals surface area contributed by atoms with Crippen LogP contribution in [0.3, 0.4) is 0 Å². The first kappa shape index (κ1) is 17.0. The number of H-pyrrole nitrogens is 1. The van der Waals surface area contributed by atoms with E-state index in [9.17, 15) is 14.0 Å². The topological polar surface area (TPSA) is 84.1 Å². The van der Waals surface area contributed by atoms with Gasteiger partial charge in [-0.1, -0.05) is 0 Å². The molecule has 4 rings (SSSR count). The lowest BCUT2D eigenvalue weighted by Crippen LogP contribution is -2.31. The molecular formula is C20H16FN3O3. The number of carbonyl (C=O) groups is 2. The van der Waals surface area contributed by atoms with Gasteiger partial charge in [-0.25, -0.2) is 9.18 Å². The lowest BCUT2D eigenvalue weighted by molar-refractivity contribution is 0.0600. The Morgan fingerprint density at radius 1 is 1.19 bits per heavy atom. The maximum atomic E-state index is 14.5. The van der Waals surface area contributed by atoms with E-state index < -0.39 is 11.8 Å². The fraction of sp³-hybridized carbons (Fsp3) is 0.150. The summed E-state index contributed by atoms with van der Waals surface area (Å²) in [5.41, 5.74) is 3.92. The Balaban J connectivity index is 1.71. The molecule has 0 bridgehead atoms. The molecule has 2 N–H and O–H groups in total. The molecule has 0 radical (unpaired) electrons. The third-order valence-electron chi connectivity index (χ3n) is 4.54. The Hall–Kier alpha value is -3.48. The monoisotopic (exact) mass is 365 g/mol. The number of hydrogen-bond acceptors (Lipinski definition) is 4. The molecule has 0 fully saturated rings. The molecule has 3 heterocycles. The van der Waals surface area contributed by atoms with Gasteiger partial charge in [0.2, 0.25) is 0 Å². The minimum Gasteiger partial charge on any atom is -0.465 e. The summed E-state index contributed by atoms with van der Waals surface area (Å²) in [5.74, 6) is -1.26. The highest BCUT2D eigenvalue weighted by atomic mass is 19.1. The first-order valence-electron chi connectivity index (χ1n) is 8.41. The molecule has 1 amide bonds. The second kappa shape index (κ2) is 6.68. The number of ether oxygens (including phenoxy) is 1. The number of hydrogen-bond donors (Lipinski definition) is 2. The van der Waals surface area contributed by atoms with Gasteiger partial charge in [-0.15, -0.1) is 0 Å². The van der Waals surface area contributed by atoms with Crippen molar-refractivity contribution in [1.29, 1.82) is 0 Å². The van der Waals surface area contributed by atoms with Crippen LogP contribution in [0, 0.1) is 5.82 Å². The van der Waals surface area contributed by atoms with E-state index in [1.165, 1.54) is 19.2 Å². The van der Waals surface area contributed by atoms with E-state index in [0.717, 1.165) is 29.4 Å². The molecule has 0 saturated carbocycles. The average Bonchev–Trinajstić information content (AvgIpc) is 3.13. The van der Waals surface area contributed by atoms with Gasteiger partial charge in [0.05, 0.1) is 23.9 Å². The average molecular weight is 365 g/mol. The molecule has 0 aliphatic carbocycles. The minimum atomic E-state index is -0.600. The van der Waals surface area contributed by atoms with Crippen LogP contribution >= 0.6 is 0 Å². The number of carbonyl (C=O) groups excluding carboxylic acids is 2. The molecule has 7 heteroatoms. The van der Waals surface area contributed by atoms with Gasteiger partial charge < -0.3 is 15.0 Å². The van der Waals surface area contributed by atoms with Crippen LogP contribution in [0.2, 0.25) is 0 Å². The number of amides is 1. The maximum absolute atomic E-state index is 14.5. The summed E-state index contributed by atoms with van der Waals surface area (Å²) in [6, 6.07) is 9.45. The van der Waals surface area contributed by atoms with Crippen molar-refractivity contribution in [2.24, 2.45) is 0 Å². The molecule has 0 atom stereocenters. The van der Waals surface area contributed by atoms with Gasteiger partial charge in [0.15, 0.2) is 0 Å². The van der Waals surface area contributed by atoms with Crippen molar-refractivity contribution in [1.82, 2.24) is 15.3 Å². The maximum Gasteiger partial charge on any atom is 0.337 e. The number of pyridine rings is 1. The number of halogens is 1. The van der Waals surface area contributed by atoms with Gasteiger partial charge in [-0.05, 0) is 36.4 Å². The van der Waals surface area contributed by atoms with Crippen molar-refractivity contribution in [3.8, 4) is 22.5 Å². The van der Waals surface area contributed by atoms with Crippen molar-refractivity contribution in [2.75, 3.05) is 13.7 Å². The second-order valence-electron chi connectivity index (χ2n) is 6.20. The Morgan fingerprint density at radius 2 is 2.04 bits per heavy atom. The fourth-order valence-corrected chi connectivity index (χ4v) is 3.16. The van der Waals surface area contributed by atoms with E-state index in [1.807, 2.05) is 0 Å². The predicted molar refractivity (Wildman–Crippen MR) is 96.8 cm³/mol. The molecule has 0 spiro atoms. The molecule has 6 nitrogen and oxygen atoms in total. The molecule has 2 aromatic heterocycles. The number of rotatable bonds is 3. The summed E-state index contributed by atoms with van der Waals surface area (Å²) >= 11 is 0. The van der Waals surface area contributed by atoms with Crippen molar-refractivity contribution < 1.29 is 18.7 Å². The standard InChI is InChI=1S/C20H16FN3O3/c1-27-20(26)12-2-3-13(15(21)8-12)18-9-11(4-6-22-18)17-10-14-16(24-17)5-7-23-19(14)25/h2-4,6,8-10,24H,5,7H2,1H3,(H,23,25). The quantitative estimate of drug-likeness (QED) is 0.699. The minimum absolute atomic E-state index is 0.0996. The Bertz CT molecular complexity index is 1060. The van der Waals surface area contributed by atoms with Crippen LogP contribution in [0.1, 0.15) is 26.4 Å². The van der Waals surface area contributed by atoms with Crippen molar-refractivity contribution >= 4 is 11.9 Å². The van der Waals surface area contributed by atoms with Gasteiger partial charge in [-0.3, -0.25) is 9.78 Å². The van der Waals surface area contributed by atoms with Crippen LogP contribution in [0.25, 0.3) is 22.5 Å². The van der Waals surface area contributed by atoms with Gasteiger partial charge in [-0.2, -0.15) is 0 Å². The number of fused-ring (bicyclic) bond motifs is 1. The Morgan fingerprint density at radius 3 is 2.78 bits per heavy atom. The zero-order chi connectivity index (χ0) is 19.0. The number of nitrogens with zero attached hydrogens (tertiary/aromatic N) is 1. The molecule has 1 aliphatic heterocycles. The summed E-state index contributed by atoms with van der Waals surface area (Å²) in [6.07, 6.45) is 2.32. The molecule has 0 unspecified atom stereocenters. The zero-order valence-electron chi connectivity index (χ0n) is 14.5. The molecular weight excluding hydrogens is 349 g/mol. The van der Waals surface area contributed by atoms with Crippen molar-refractivity contribution in [2.45, 2.75) is 6.42 Å². The molecule has 27 heavy (non-hydrogen) atoms. The van der Waals surface area contributed by atoms with Crippen LogP contribution in [0.5, 0.6) is 0 Å². The highest BCUT2D eigenvalue weighted by Gasteiger charge is 2.20. The van der Waals surface area contributed by atoms with E-state index in [4.69, 9.17) is 0 Å². The number of aromatic amines is 1. The predicted octanol–water partition coefficient (Wildman–Crippen LogP) is 2.96. The highest BCUT2D eigenvalue weighted by molar-refractivity contribution is 5.97. The third-order valence-corrected chi connectivity index (χ3v) is 4.54. The molecule has 1 aliphatic rings. The van der Waals surface area contributed by atoms with E-state index in [2.05, 4.69) is 20.0 Å². The van der Waals surface area contributed by atoms with Crippen LogP contribution in [0.4, 0.5) is 4.39 Å². The lowest BCUT2D eigenvalue weighted by Gasteiger charge is -2.11. The summed E-state index contributed by atoms with van der Waals surface area (Å²) in [4.78, 5) is 31.0. The molecule has 136 valence electrons. The highest BCUT2D eigenvalue weighted by Crippen LogP contribution is 2.28. The molecule has 3 aromatic rings. The normalized spacial score (nSPS) is 13.0. The number of aromatic nitrogens is 2. The SMILES string of the molecule is COC(=O)c1ccc(-c2cc(-c3cc4c([nH]3)CCNC4=O)ccn2)c(F)c1. The van der Waals surface area contributed by atoms with E-state index in [1.54, 1.807) is 24.4 Å². The van der Waals surface area contributed by atoms with Crippen LogP contribution in [-0.2, 0) is 11.2 Å². The summed E-state index contributed by atoms with van der Waals surface area (Å²) in [7, 11) is 1.25. The summed E-state index contributed by atoms with van der Waals surface area (Å²) in [6.45, 7) is 0.602. The van der Waals surface area contributed by atoms with Crippen LogP contribution in [-0.4, -0.2) is 35.5 Å². The van der Waals surface area contributed by atoms with E-state index >= 15 is 0 Å². The largest absolute Gasteiger partial charge is 0.465 e. The Labute approximate surface area is 154 Å². The molecule has 0 saturated heterocycles. The van der Waals surface area contributed by atoms with Gasteiger partial charge in [0, 0.05) is 41.7 Å². The number of benzene rings is 1. The summed E-state index contributed by atoms with van der Waals surface area (Å²) < 4.78 is 19.1. The van der Waals surface area contributed by atoms with Gasteiger partial charge >= 0.3 is 5.97 Å². The van der Waals surface area contributed by atoms with E-state index in [0.29, 0.717) is 17.8 Å². The van der Waals surface area contributed by atoms with Gasteiger partial charge in [0.1, 0.15) is 5.82 Å². The zero-order valence-corrected chi connectivity index (χ0v) is 14.5. The lowest BCUT2D eigenvalue weighted by atomic mass is 10.0. The second-order valence-corrected chi connectivity index (χ2v) is 6.20. The summed E-state index contributed by atoms with van der Waals surface area (Å²) in [5, 5.41) is 2.81. The first-order valence-corrected chi connectivity index (χ1v) is 8.41. The first-order chi connectivity index (χ1) is 13.1. The van der Waals surface area contributed by atoms with E-state index in [-0.39, 0.29) is 17.0 Å². The van der Waals surface area contributed by atoms with Crippen molar-refractivity contribution in [3.05, 3.63) is 65.2 Å².